The average molecular weight is 444 g/mol. The van der Waals surface area contributed by atoms with Gasteiger partial charge in [0, 0.05) is 24.1 Å². The van der Waals surface area contributed by atoms with Crippen LogP contribution in [0.4, 0.5) is 0 Å². The van der Waals surface area contributed by atoms with Crippen LogP contribution in [-0.4, -0.2) is 42.5 Å². The Kier molecular flexibility index (Phi) is 6.79. The molecule has 0 spiro atoms. The fourth-order valence-corrected chi connectivity index (χ4v) is 4.41. The van der Waals surface area contributed by atoms with Crippen molar-refractivity contribution in [3.05, 3.63) is 52.5 Å². The van der Waals surface area contributed by atoms with E-state index in [2.05, 4.69) is 15.2 Å². The van der Waals surface area contributed by atoms with Crippen LogP contribution in [0.5, 0.6) is 0 Å². The molecule has 31 heavy (non-hydrogen) atoms. The van der Waals surface area contributed by atoms with Gasteiger partial charge in [-0.2, -0.15) is 0 Å². The van der Waals surface area contributed by atoms with E-state index in [4.69, 9.17) is 10.2 Å². The number of nitrogens with one attached hydrogen (secondary N) is 1. The summed E-state index contributed by atoms with van der Waals surface area (Å²) >= 11 is 1.26. The number of H-pyrrole nitrogens is 1. The number of furan rings is 1. The molecule has 3 heterocycles. The number of nitrogens with two attached hydrogens (primary N) is 1. The third-order valence-corrected chi connectivity index (χ3v) is 6.05. The van der Waals surface area contributed by atoms with Crippen LogP contribution in [-0.2, 0) is 17.8 Å². The molecule has 0 radical (unpaired) electrons. The molecule has 3 N–H and O–H groups in total. The number of aromatic nitrogens is 4. The van der Waals surface area contributed by atoms with Crippen molar-refractivity contribution in [1.29, 1.82) is 0 Å². The predicted molar refractivity (Wildman–Crippen MR) is 115 cm³/mol. The quantitative estimate of drug-likeness (QED) is 0.363. The number of primary amides is 1. The number of carbonyl (C=O) groups is 3. The smallest absolute Gasteiger partial charge is 0.217 e. The van der Waals surface area contributed by atoms with Crippen LogP contribution in [0.2, 0.25) is 0 Å². The Morgan fingerprint density at radius 3 is 2.61 bits per heavy atom. The molecule has 10 heteroatoms. The topological polar surface area (TPSA) is 137 Å². The van der Waals surface area contributed by atoms with Crippen LogP contribution < -0.4 is 5.73 Å². The number of rotatable bonds is 10. The van der Waals surface area contributed by atoms with Crippen LogP contribution in [0.1, 0.15) is 64.0 Å². The van der Waals surface area contributed by atoms with E-state index >= 15 is 0 Å². The Morgan fingerprint density at radius 2 is 2.03 bits per heavy atom. The van der Waals surface area contributed by atoms with Crippen molar-refractivity contribution in [3.8, 4) is 0 Å². The normalized spacial score (nSPS) is 12.1. The van der Waals surface area contributed by atoms with Gasteiger partial charge in [-0.3, -0.25) is 19.0 Å². The number of amides is 1. The largest absolute Gasteiger partial charge is 0.467 e. The molecule has 0 saturated carbocycles. The van der Waals surface area contributed by atoms with Gasteiger partial charge in [0.25, 0.3) is 0 Å². The zero-order valence-corrected chi connectivity index (χ0v) is 18.7. The van der Waals surface area contributed by atoms with Crippen LogP contribution in [0.3, 0.4) is 0 Å². The molecule has 3 aromatic heterocycles. The highest BCUT2D eigenvalue weighted by molar-refractivity contribution is 8.00. The fraction of sp³-hybridized carbons (Fsp3) is 0.381. The van der Waals surface area contributed by atoms with Gasteiger partial charge < -0.3 is 15.1 Å². The maximum absolute atomic E-state index is 13.1. The maximum atomic E-state index is 13.1. The molecule has 164 valence electrons. The Bertz CT molecular complexity index is 1110. The number of Topliss-reactive ketones (excluding diaryl/α,β-unsaturated/α-hetero) is 2. The van der Waals surface area contributed by atoms with E-state index in [0.717, 1.165) is 0 Å². The highest BCUT2D eigenvalue weighted by Crippen LogP contribution is 2.28. The second-order valence-electron chi connectivity index (χ2n) is 7.34. The third-order valence-electron chi connectivity index (χ3n) is 4.97. The molecule has 0 aliphatic carbocycles. The monoisotopic (exact) mass is 443 g/mol. The first-order valence-corrected chi connectivity index (χ1v) is 10.7. The number of ketones is 2. The van der Waals surface area contributed by atoms with Crippen molar-refractivity contribution in [2.45, 2.75) is 57.5 Å². The van der Waals surface area contributed by atoms with Crippen molar-refractivity contribution in [2.75, 3.05) is 0 Å². The molecule has 0 fully saturated rings. The summed E-state index contributed by atoms with van der Waals surface area (Å²) in [5.41, 5.74) is 7.59. The first kappa shape index (κ1) is 22.5. The van der Waals surface area contributed by atoms with E-state index in [-0.39, 0.29) is 18.0 Å². The van der Waals surface area contributed by atoms with Gasteiger partial charge >= 0.3 is 0 Å². The summed E-state index contributed by atoms with van der Waals surface area (Å²) in [7, 11) is 0. The van der Waals surface area contributed by atoms with E-state index in [9.17, 15) is 14.4 Å². The first-order valence-electron chi connectivity index (χ1n) is 9.82. The molecule has 3 rings (SSSR count). The number of hydrogen-bond acceptors (Lipinski definition) is 7. The Hall–Kier alpha value is -3.14. The zero-order chi connectivity index (χ0) is 22.7. The minimum atomic E-state index is -0.486. The van der Waals surface area contributed by atoms with E-state index in [1.807, 2.05) is 10.6 Å². The molecule has 0 aliphatic rings. The van der Waals surface area contributed by atoms with Crippen molar-refractivity contribution in [2.24, 2.45) is 5.73 Å². The lowest BCUT2D eigenvalue weighted by Crippen LogP contribution is -2.17. The molecule has 0 saturated heterocycles. The standard InChI is InChI=1S/C21H25N5O4S/c1-11-18(13(3)27)12(2)23-19(11)20(29)14(4)31-21-25-24-17(8-7-16(22)28)26(21)10-15-6-5-9-30-15/h5-6,9,14,23H,7-8,10H2,1-4H3,(H2,22,28). The zero-order valence-electron chi connectivity index (χ0n) is 17.9. The second kappa shape index (κ2) is 9.34. The van der Waals surface area contributed by atoms with E-state index in [1.165, 1.54) is 18.7 Å². The molecule has 1 amide bonds. The molecule has 0 aliphatic heterocycles. The number of nitrogens with zero attached hydrogens (tertiary/aromatic N) is 3. The molecule has 3 aromatic rings. The lowest BCUT2D eigenvalue weighted by Gasteiger charge is -2.12. The molecule has 9 nitrogen and oxygen atoms in total. The van der Waals surface area contributed by atoms with Gasteiger partial charge in [-0.15, -0.1) is 10.2 Å². The van der Waals surface area contributed by atoms with Gasteiger partial charge in [-0.05, 0) is 45.4 Å². The SMILES string of the molecule is CC(=O)c1c(C)[nH]c(C(=O)C(C)Sc2nnc(CCC(N)=O)n2Cc2ccco2)c1C. The number of aromatic amines is 1. The highest BCUT2D eigenvalue weighted by atomic mass is 32.2. The van der Waals surface area contributed by atoms with Gasteiger partial charge in [-0.25, -0.2) is 0 Å². The molecular formula is C21H25N5O4S. The molecule has 0 bridgehead atoms. The average Bonchev–Trinajstić information content (AvgIpc) is 3.40. The lowest BCUT2D eigenvalue weighted by atomic mass is 10.0. The van der Waals surface area contributed by atoms with E-state index in [1.54, 1.807) is 33.1 Å². The third kappa shape index (κ3) is 4.96. The molecule has 0 aromatic carbocycles. The molecule has 1 unspecified atom stereocenters. The van der Waals surface area contributed by atoms with Crippen LogP contribution in [0.25, 0.3) is 0 Å². The van der Waals surface area contributed by atoms with Gasteiger partial charge in [-0.1, -0.05) is 11.8 Å². The Labute approximate surface area is 183 Å². The first-order chi connectivity index (χ1) is 14.7. The van der Waals surface area contributed by atoms with Gasteiger partial charge in [0.15, 0.2) is 16.7 Å². The Balaban J connectivity index is 1.85. The second-order valence-corrected chi connectivity index (χ2v) is 8.64. The summed E-state index contributed by atoms with van der Waals surface area (Å²) in [6, 6.07) is 3.61. The highest BCUT2D eigenvalue weighted by Gasteiger charge is 2.26. The summed E-state index contributed by atoms with van der Waals surface area (Å²) in [6.45, 7) is 7.19. The van der Waals surface area contributed by atoms with E-state index in [0.29, 0.717) is 52.2 Å². The van der Waals surface area contributed by atoms with Crippen molar-refractivity contribution < 1.29 is 18.8 Å². The summed E-state index contributed by atoms with van der Waals surface area (Å²) in [6.07, 6.45) is 2.05. The van der Waals surface area contributed by atoms with Gasteiger partial charge in [0.2, 0.25) is 5.91 Å². The summed E-state index contributed by atoms with van der Waals surface area (Å²) < 4.78 is 7.26. The number of aryl methyl sites for hydroxylation is 2. The molecular weight excluding hydrogens is 418 g/mol. The minimum Gasteiger partial charge on any atom is -0.467 e. The van der Waals surface area contributed by atoms with E-state index < -0.39 is 11.2 Å². The number of hydrogen-bond donors (Lipinski definition) is 2. The van der Waals surface area contributed by atoms with Crippen molar-refractivity contribution in [1.82, 2.24) is 19.7 Å². The molecule has 1 atom stereocenters. The van der Waals surface area contributed by atoms with Gasteiger partial charge in [0.1, 0.15) is 11.6 Å². The number of carbonyl (C=O) groups excluding carboxylic acids is 3. The summed E-state index contributed by atoms with van der Waals surface area (Å²) in [4.78, 5) is 39.3. The summed E-state index contributed by atoms with van der Waals surface area (Å²) in [5.74, 6) is 0.641. The van der Waals surface area contributed by atoms with Crippen LogP contribution in [0.15, 0.2) is 28.0 Å². The Morgan fingerprint density at radius 1 is 1.29 bits per heavy atom. The lowest BCUT2D eigenvalue weighted by molar-refractivity contribution is -0.118. The van der Waals surface area contributed by atoms with Crippen molar-refractivity contribution in [3.63, 3.8) is 0 Å². The minimum absolute atomic E-state index is 0.0807. The van der Waals surface area contributed by atoms with Crippen molar-refractivity contribution >= 4 is 29.2 Å². The maximum Gasteiger partial charge on any atom is 0.217 e. The van der Waals surface area contributed by atoms with Crippen LogP contribution in [0, 0.1) is 13.8 Å². The van der Waals surface area contributed by atoms with Crippen LogP contribution >= 0.6 is 11.8 Å². The van der Waals surface area contributed by atoms with Gasteiger partial charge in [0.05, 0.1) is 23.8 Å². The fourth-order valence-electron chi connectivity index (χ4n) is 3.48. The predicted octanol–water partition coefficient (Wildman–Crippen LogP) is 2.85. The number of thioether (sulfide) groups is 1. The summed E-state index contributed by atoms with van der Waals surface area (Å²) in [5, 5.41) is 8.47.